The SMILES string of the molecule is CC1(C)OC[C@H](CNc2cc3c(c(-c4ccc(F)cc4)c2)CN(C(=O)O)C3)O1. The van der Waals surface area contributed by atoms with Gasteiger partial charge in [0.15, 0.2) is 5.79 Å². The van der Waals surface area contributed by atoms with Crippen LogP contribution in [-0.4, -0.2) is 41.1 Å². The van der Waals surface area contributed by atoms with Gasteiger partial charge in [0.25, 0.3) is 0 Å². The Balaban J connectivity index is 1.61. The summed E-state index contributed by atoms with van der Waals surface area (Å²) in [5.74, 6) is -0.881. The smallest absolute Gasteiger partial charge is 0.407 e. The molecule has 28 heavy (non-hydrogen) atoms. The van der Waals surface area contributed by atoms with Crippen molar-refractivity contribution in [3.05, 3.63) is 53.3 Å². The molecule has 2 heterocycles. The van der Waals surface area contributed by atoms with Gasteiger partial charge in [-0.3, -0.25) is 4.90 Å². The van der Waals surface area contributed by atoms with E-state index in [1.807, 2.05) is 26.0 Å². The quantitative estimate of drug-likeness (QED) is 0.830. The fourth-order valence-corrected chi connectivity index (χ4v) is 3.73. The van der Waals surface area contributed by atoms with Crippen LogP contribution in [0.2, 0.25) is 0 Å². The lowest BCUT2D eigenvalue weighted by molar-refractivity contribution is -0.136. The first-order chi connectivity index (χ1) is 13.3. The van der Waals surface area contributed by atoms with Gasteiger partial charge in [-0.1, -0.05) is 12.1 Å². The molecule has 1 fully saturated rings. The summed E-state index contributed by atoms with van der Waals surface area (Å²) in [6.07, 6.45) is -1.01. The van der Waals surface area contributed by atoms with Gasteiger partial charge < -0.3 is 19.9 Å². The van der Waals surface area contributed by atoms with E-state index in [1.165, 1.54) is 17.0 Å². The number of benzene rings is 2. The van der Waals surface area contributed by atoms with E-state index in [0.717, 1.165) is 27.9 Å². The minimum absolute atomic E-state index is 0.0620. The number of carboxylic acid groups (broad SMARTS) is 1. The number of amides is 1. The molecule has 0 unspecified atom stereocenters. The van der Waals surface area contributed by atoms with Crippen LogP contribution in [0.5, 0.6) is 0 Å². The Morgan fingerprint density at radius 2 is 2.04 bits per heavy atom. The molecule has 7 heteroatoms. The lowest BCUT2D eigenvalue weighted by Gasteiger charge is -2.18. The van der Waals surface area contributed by atoms with Crippen LogP contribution < -0.4 is 5.32 Å². The topological polar surface area (TPSA) is 71.0 Å². The maximum Gasteiger partial charge on any atom is 0.407 e. The van der Waals surface area contributed by atoms with Crippen LogP contribution >= 0.6 is 0 Å². The molecule has 2 N–H and O–H groups in total. The van der Waals surface area contributed by atoms with E-state index in [2.05, 4.69) is 5.32 Å². The summed E-state index contributed by atoms with van der Waals surface area (Å²) < 4.78 is 24.8. The molecule has 1 amide bonds. The van der Waals surface area contributed by atoms with Crippen molar-refractivity contribution < 1.29 is 23.8 Å². The maximum absolute atomic E-state index is 13.4. The molecular formula is C21H23FN2O4. The molecule has 0 radical (unpaired) electrons. The third-order valence-electron chi connectivity index (χ3n) is 5.08. The molecule has 2 aliphatic heterocycles. The Bertz CT molecular complexity index is 898. The maximum atomic E-state index is 13.4. The molecule has 0 saturated carbocycles. The van der Waals surface area contributed by atoms with Crippen LogP contribution in [0, 0.1) is 5.82 Å². The molecule has 2 aromatic carbocycles. The standard InChI is InChI=1S/C21H23FN2O4/c1-21(2)27-12-17(28-21)9-23-16-7-14-10-24(20(25)26)11-19(14)18(8-16)13-3-5-15(22)6-4-13/h3-8,17,23H,9-12H2,1-2H3,(H,25,26)/t17-/m0/s1. The average Bonchev–Trinajstić information content (AvgIpc) is 3.23. The van der Waals surface area contributed by atoms with E-state index in [1.54, 1.807) is 12.1 Å². The van der Waals surface area contributed by atoms with Gasteiger partial charge >= 0.3 is 6.09 Å². The Hall–Kier alpha value is -2.64. The van der Waals surface area contributed by atoms with Gasteiger partial charge in [0.2, 0.25) is 0 Å². The summed E-state index contributed by atoms with van der Waals surface area (Å²) in [5.41, 5.74) is 4.55. The van der Waals surface area contributed by atoms with Gasteiger partial charge in [-0.2, -0.15) is 0 Å². The largest absolute Gasteiger partial charge is 0.465 e. The highest BCUT2D eigenvalue weighted by molar-refractivity contribution is 5.76. The fourth-order valence-electron chi connectivity index (χ4n) is 3.73. The van der Waals surface area contributed by atoms with Crippen LogP contribution in [0.15, 0.2) is 36.4 Å². The van der Waals surface area contributed by atoms with Gasteiger partial charge in [0.1, 0.15) is 11.9 Å². The first kappa shape index (κ1) is 18.7. The number of halogens is 1. The number of nitrogens with one attached hydrogen (secondary N) is 1. The van der Waals surface area contributed by atoms with Crippen LogP contribution in [0.1, 0.15) is 25.0 Å². The summed E-state index contributed by atoms with van der Waals surface area (Å²) >= 11 is 0. The Morgan fingerprint density at radius 1 is 1.29 bits per heavy atom. The number of rotatable bonds is 4. The zero-order valence-electron chi connectivity index (χ0n) is 15.9. The Morgan fingerprint density at radius 3 is 2.68 bits per heavy atom. The summed E-state index contributed by atoms with van der Waals surface area (Å²) in [7, 11) is 0. The van der Waals surface area contributed by atoms with Crippen molar-refractivity contribution in [3.63, 3.8) is 0 Å². The van der Waals surface area contributed by atoms with Crippen LogP contribution in [0.3, 0.4) is 0 Å². The zero-order chi connectivity index (χ0) is 19.9. The van der Waals surface area contributed by atoms with Crippen molar-refractivity contribution >= 4 is 11.8 Å². The van der Waals surface area contributed by atoms with Crippen molar-refractivity contribution in [3.8, 4) is 11.1 Å². The first-order valence-electron chi connectivity index (χ1n) is 9.26. The molecule has 2 aliphatic rings. The number of anilines is 1. The highest BCUT2D eigenvalue weighted by Gasteiger charge is 2.32. The fraction of sp³-hybridized carbons (Fsp3) is 0.381. The predicted octanol–water partition coefficient (Wildman–Crippen LogP) is 4.05. The summed E-state index contributed by atoms with van der Waals surface area (Å²) in [6.45, 7) is 5.52. The first-order valence-corrected chi connectivity index (χ1v) is 9.26. The molecule has 1 atom stereocenters. The second-order valence-electron chi connectivity index (χ2n) is 7.64. The van der Waals surface area contributed by atoms with Gasteiger partial charge in [0.05, 0.1) is 13.2 Å². The zero-order valence-corrected chi connectivity index (χ0v) is 15.9. The monoisotopic (exact) mass is 386 g/mol. The van der Waals surface area contributed by atoms with E-state index >= 15 is 0 Å². The number of nitrogens with zero attached hydrogens (tertiary/aromatic N) is 1. The third kappa shape index (κ3) is 3.81. The van der Waals surface area contributed by atoms with Crippen molar-refractivity contribution in [2.45, 2.75) is 38.8 Å². The van der Waals surface area contributed by atoms with Crippen molar-refractivity contribution in [2.24, 2.45) is 0 Å². The van der Waals surface area contributed by atoms with Gasteiger partial charge in [0, 0.05) is 18.8 Å². The number of ether oxygens (including phenoxy) is 2. The average molecular weight is 386 g/mol. The third-order valence-corrected chi connectivity index (χ3v) is 5.08. The molecule has 0 aromatic heterocycles. The predicted molar refractivity (Wildman–Crippen MR) is 103 cm³/mol. The number of carbonyl (C=O) groups is 1. The minimum atomic E-state index is -0.950. The van der Waals surface area contributed by atoms with Crippen LogP contribution in [0.25, 0.3) is 11.1 Å². The molecule has 6 nitrogen and oxygen atoms in total. The molecule has 0 aliphatic carbocycles. The van der Waals surface area contributed by atoms with Crippen molar-refractivity contribution in [1.29, 1.82) is 0 Å². The van der Waals surface area contributed by atoms with Gasteiger partial charge in [-0.25, -0.2) is 9.18 Å². The van der Waals surface area contributed by atoms with E-state index in [9.17, 15) is 14.3 Å². The van der Waals surface area contributed by atoms with E-state index in [0.29, 0.717) is 26.2 Å². The van der Waals surface area contributed by atoms with Crippen LogP contribution in [-0.2, 0) is 22.6 Å². The number of hydrogen-bond donors (Lipinski definition) is 2. The molecule has 1 saturated heterocycles. The molecule has 2 aromatic rings. The number of hydrogen-bond acceptors (Lipinski definition) is 4. The lowest BCUT2D eigenvalue weighted by Crippen LogP contribution is -2.26. The van der Waals surface area contributed by atoms with Crippen molar-refractivity contribution in [1.82, 2.24) is 4.90 Å². The minimum Gasteiger partial charge on any atom is -0.465 e. The molecule has 4 rings (SSSR count). The van der Waals surface area contributed by atoms with Crippen molar-refractivity contribution in [2.75, 3.05) is 18.5 Å². The Labute approximate surface area is 162 Å². The van der Waals surface area contributed by atoms with E-state index in [4.69, 9.17) is 9.47 Å². The molecule has 148 valence electrons. The Kier molecular flexibility index (Phi) is 4.72. The van der Waals surface area contributed by atoms with E-state index in [-0.39, 0.29) is 11.9 Å². The second kappa shape index (κ2) is 7.07. The van der Waals surface area contributed by atoms with Gasteiger partial charge in [-0.15, -0.1) is 0 Å². The van der Waals surface area contributed by atoms with Gasteiger partial charge in [-0.05, 0) is 60.4 Å². The van der Waals surface area contributed by atoms with E-state index < -0.39 is 11.9 Å². The summed E-state index contributed by atoms with van der Waals surface area (Å²) in [5, 5.41) is 12.8. The molecular weight excluding hydrogens is 363 g/mol. The number of fused-ring (bicyclic) bond motifs is 1. The molecule has 0 spiro atoms. The summed E-state index contributed by atoms with van der Waals surface area (Å²) in [4.78, 5) is 12.8. The van der Waals surface area contributed by atoms with Crippen LogP contribution in [0.4, 0.5) is 14.9 Å². The summed E-state index contributed by atoms with van der Waals surface area (Å²) in [6, 6.07) is 10.2. The highest BCUT2D eigenvalue weighted by atomic mass is 19.1. The normalized spacial score (nSPS) is 20.2. The molecule has 0 bridgehead atoms. The highest BCUT2D eigenvalue weighted by Crippen LogP contribution is 2.36. The second-order valence-corrected chi connectivity index (χ2v) is 7.64. The lowest BCUT2D eigenvalue weighted by atomic mass is 9.96.